The van der Waals surface area contributed by atoms with Crippen molar-refractivity contribution in [2.45, 2.75) is 135 Å². The number of phenolic OH excluding ortho intramolecular Hbond substituents is 1. The Balaban J connectivity index is 1.83. The highest BCUT2D eigenvalue weighted by molar-refractivity contribution is 6.02. The molecule has 0 fully saturated rings. The molecule has 0 saturated heterocycles. The molecule has 0 aromatic heterocycles. The van der Waals surface area contributed by atoms with Crippen LogP contribution < -0.4 is 16.0 Å². The molecule has 8 nitrogen and oxygen atoms in total. The summed E-state index contributed by atoms with van der Waals surface area (Å²) in [6.45, 7) is 5.41. The first kappa shape index (κ1) is 38.8. The Morgan fingerprint density at radius 1 is 0.717 bits per heavy atom. The Morgan fingerprint density at radius 2 is 1.28 bits per heavy atom. The predicted octanol–water partition coefficient (Wildman–Crippen LogP) is 7.74. The van der Waals surface area contributed by atoms with Crippen molar-refractivity contribution in [3.63, 3.8) is 0 Å². The molecule has 0 saturated carbocycles. The molecular weight excluding hydrogens is 576 g/mol. The lowest BCUT2D eigenvalue weighted by Crippen LogP contribution is -2.48. The van der Waals surface area contributed by atoms with Gasteiger partial charge < -0.3 is 21.1 Å². The van der Waals surface area contributed by atoms with Crippen molar-refractivity contribution >= 4 is 34.7 Å². The summed E-state index contributed by atoms with van der Waals surface area (Å²) in [6, 6.07) is 10.3. The van der Waals surface area contributed by atoms with Crippen LogP contribution >= 0.6 is 0 Å². The molecule has 0 heterocycles. The number of aliphatic imine (C=N–C) groups is 1. The second kappa shape index (κ2) is 24.8. The Hall–Kier alpha value is -3.42. The number of amides is 3. The maximum absolute atomic E-state index is 13.1. The van der Waals surface area contributed by atoms with Crippen molar-refractivity contribution in [1.29, 1.82) is 0 Å². The number of hydrogen-bond donors (Lipinski definition) is 4. The molecule has 2 rings (SSSR count). The minimum atomic E-state index is -0.823. The van der Waals surface area contributed by atoms with E-state index in [1.165, 1.54) is 76.8 Å². The molecule has 4 N–H and O–H groups in total. The third kappa shape index (κ3) is 16.8. The van der Waals surface area contributed by atoms with Crippen LogP contribution in [0.5, 0.6) is 5.75 Å². The van der Waals surface area contributed by atoms with Gasteiger partial charge in [0.1, 0.15) is 18.3 Å². The SMILES string of the molecule is CCCCCCCCCCNC(=O)CC[C@H](NC(=O)CN=Cc1c(O)ccc2ccccc12)C(=O)NCCCCCCCCCC. The lowest BCUT2D eigenvalue weighted by molar-refractivity contribution is -0.129. The first-order valence-electron chi connectivity index (χ1n) is 18.0. The zero-order valence-corrected chi connectivity index (χ0v) is 28.6. The van der Waals surface area contributed by atoms with Gasteiger partial charge >= 0.3 is 0 Å². The summed E-state index contributed by atoms with van der Waals surface area (Å²) in [5.74, 6) is -0.716. The summed E-state index contributed by atoms with van der Waals surface area (Å²) in [6.07, 6.45) is 20.9. The van der Waals surface area contributed by atoms with Gasteiger partial charge in [-0.15, -0.1) is 0 Å². The van der Waals surface area contributed by atoms with E-state index in [4.69, 9.17) is 0 Å². The van der Waals surface area contributed by atoms with Gasteiger partial charge in [-0.05, 0) is 36.1 Å². The Kier molecular flexibility index (Phi) is 20.9. The second-order valence-electron chi connectivity index (χ2n) is 12.4. The standard InChI is InChI=1S/C38H60N4O4/c1-3-5-7-9-11-13-15-19-27-40-36(44)26-24-34(38(46)41-28-20-16-14-12-10-8-6-4-2)42-37(45)30-39-29-33-32-22-18-17-21-31(32)23-25-35(33)43/h17-18,21-23,25,29,34,43H,3-16,19-20,24,26-28,30H2,1-2H3,(H,40,44)(H,41,46)(H,42,45)/t34-/m0/s1. The highest BCUT2D eigenvalue weighted by Gasteiger charge is 2.21. The summed E-state index contributed by atoms with van der Waals surface area (Å²) >= 11 is 0. The molecule has 2 aromatic carbocycles. The number of carbonyl (C=O) groups excluding carboxylic acids is 3. The van der Waals surface area contributed by atoms with Crippen LogP contribution in [0.25, 0.3) is 10.8 Å². The Bertz CT molecular complexity index is 1180. The number of aromatic hydroxyl groups is 1. The van der Waals surface area contributed by atoms with E-state index in [0.717, 1.165) is 42.9 Å². The highest BCUT2D eigenvalue weighted by Crippen LogP contribution is 2.25. The number of nitrogens with one attached hydrogen (secondary N) is 3. The number of rotatable bonds is 26. The van der Waals surface area contributed by atoms with E-state index < -0.39 is 11.9 Å². The van der Waals surface area contributed by atoms with Gasteiger partial charge in [-0.1, -0.05) is 134 Å². The van der Waals surface area contributed by atoms with Gasteiger partial charge in [0.05, 0.1) is 0 Å². The maximum atomic E-state index is 13.1. The van der Waals surface area contributed by atoms with E-state index in [1.807, 2.05) is 30.3 Å². The van der Waals surface area contributed by atoms with Crippen molar-refractivity contribution < 1.29 is 19.5 Å². The molecule has 2 aromatic rings. The summed E-state index contributed by atoms with van der Waals surface area (Å²) in [5.41, 5.74) is 0.540. The molecule has 0 aliphatic carbocycles. The van der Waals surface area contributed by atoms with Gasteiger partial charge in [-0.3, -0.25) is 19.4 Å². The molecule has 0 aliphatic rings. The molecule has 0 aliphatic heterocycles. The largest absolute Gasteiger partial charge is 0.507 e. The molecule has 256 valence electrons. The fourth-order valence-corrected chi connectivity index (χ4v) is 5.59. The molecule has 8 heteroatoms. The first-order valence-corrected chi connectivity index (χ1v) is 18.0. The van der Waals surface area contributed by atoms with Gasteiger partial charge in [0.25, 0.3) is 0 Å². The first-order chi connectivity index (χ1) is 22.5. The fourth-order valence-electron chi connectivity index (χ4n) is 5.59. The van der Waals surface area contributed by atoms with E-state index in [2.05, 4.69) is 34.8 Å². The van der Waals surface area contributed by atoms with Gasteiger partial charge in [0, 0.05) is 31.3 Å². The minimum Gasteiger partial charge on any atom is -0.507 e. The van der Waals surface area contributed by atoms with Gasteiger partial charge in [0.2, 0.25) is 17.7 Å². The quantitative estimate of drug-likeness (QED) is 0.0624. The topological polar surface area (TPSA) is 120 Å². The van der Waals surface area contributed by atoms with Crippen LogP contribution in [0.4, 0.5) is 0 Å². The fraction of sp³-hybridized carbons (Fsp3) is 0.632. The molecule has 0 bridgehead atoms. The van der Waals surface area contributed by atoms with E-state index >= 15 is 0 Å². The number of benzene rings is 2. The van der Waals surface area contributed by atoms with Crippen LogP contribution in [0.15, 0.2) is 41.4 Å². The molecule has 0 radical (unpaired) electrons. The van der Waals surface area contributed by atoms with Crippen molar-refractivity contribution in [2.24, 2.45) is 4.99 Å². The monoisotopic (exact) mass is 636 g/mol. The van der Waals surface area contributed by atoms with Crippen LogP contribution in [0.1, 0.15) is 135 Å². The van der Waals surface area contributed by atoms with Crippen LogP contribution in [-0.4, -0.2) is 54.7 Å². The Morgan fingerprint density at radius 3 is 1.91 bits per heavy atom. The smallest absolute Gasteiger partial charge is 0.242 e. The summed E-state index contributed by atoms with van der Waals surface area (Å²) in [4.78, 5) is 42.7. The van der Waals surface area contributed by atoms with Crippen molar-refractivity contribution in [2.75, 3.05) is 19.6 Å². The average molecular weight is 637 g/mol. The van der Waals surface area contributed by atoms with Crippen LogP contribution in [0.2, 0.25) is 0 Å². The molecule has 0 spiro atoms. The number of carbonyl (C=O) groups is 3. The predicted molar refractivity (Wildman–Crippen MR) is 190 cm³/mol. The zero-order chi connectivity index (χ0) is 33.2. The van der Waals surface area contributed by atoms with Gasteiger partial charge in [0.15, 0.2) is 0 Å². The van der Waals surface area contributed by atoms with Gasteiger partial charge in [-0.25, -0.2) is 0 Å². The number of phenols is 1. The lowest BCUT2D eigenvalue weighted by atomic mass is 10.0. The van der Waals surface area contributed by atoms with Crippen LogP contribution in [0.3, 0.4) is 0 Å². The summed E-state index contributed by atoms with van der Waals surface area (Å²) < 4.78 is 0. The van der Waals surface area contributed by atoms with Crippen LogP contribution in [0, 0.1) is 0 Å². The number of unbranched alkanes of at least 4 members (excludes halogenated alkanes) is 14. The van der Waals surface area contributed by atoms with E-state index in [1.54, 1.807) is 6.07 Å². The summed E-state index contributed by atoms with van der Waals surface area (Å²) in [5, 5.41) is 20.9. The normalized spacial score (nSPS) is 12.0. The number of fused-ring (bicyclic) bond motifs is 1. The second-order valence-corrected chi connectivity index (χ2v) is 12.4. The van der Waals surface area contributed by atoms with E-state index in [-0.39, 0.29) is 37.0 Å². The molecular formula is C38H60N4O4. The number of hydrogen-bond acceptors (Lipinski definition) is 5. The minimum absolute atomic E-state index is 0.0825. The third-order valence-corrected chi connectivity index (χ3v) is 8.40. The third-order valence-electron chi connectivity index (χ3n) is 8.40. The van der Waals surface area contributed by atoms with E-state index in [9.17, 15) is 19.5 Å². The number of nitrogens with zero attached hydrogens (tertiary/aromatic N) is 1. The Labute approximate surface area is 277 Å². The lowest BCUT2D eigenvalue weighted by Gasteiger charge is -2.18. The average Bonchev–Trinajstić information content (AvgIpc) is 3.06. The molecule has 1 atom stereocenters. The van der Waals surface area contributed by atoms with Gasteiger partial charge in [-0.2, -0.15) is 0 Å². The molecule has 0 unspecified atom stereocenters. The molecule has 3 amide bonds. The summed E-state index contributed by atoms with van der Waals surface area (Å²) in [7, 11) is 0. The van der Waals surface area contributed by atoms with Crippen molar-refractivity contribution in [3.05, 3.63) is 42.0 Å². The zero-order valence-electron chi connectivity index (χ0n) is 28.6. The molecule has 46 heavy (non-hydrogen) atoms. The van der Waals surface area contributed by atoms with Crippen molar-refractivity contribution in [1.82, 2.24) is 16.0 Å². The van der Waals surface area contributed by atoms with Crippen molar-refractivity contribution in [3.8, 4) is 5.75 Å². The van der Waals surface area contributed by atoms with Crippen LogP contribution in [-0.2, 0) is 14.4 Å². The van der Waals surface area contributed by atoms with E-state index in [0.29, 0.717) is 18.7 Å². The maximum Gasteiger partial charge on any atom is 0.242 e. The highest BCUT2D eigenvalue weighted by atomic mass is 16.3.